The van der Waals surface area contributed by atoms with Gasteiger partial charge in [-0.15, -0.1) is 4.37 Å². The predicted molar refractivity (Wildman–Crippen MR) is 45.5 cm³/mol. The minimum absolute atomic E-state index is 0.136. The zero-order chi connectivity index (χ0) is 9.84. The molecule has 0 saturated heterocycles. The van der Waals surface area contributed by atoms with E-state index < -0.39 is 12.0 Å². The van der Waals surface area contributed by atoms with Crippen molar-refractivity contribution < 1.29 is 15.0 Å². The maximum Gasteiger partial charge on any atom is 0.320 e. The fourth-order valence-electron chi connectivity index (χ4n) is 0.775. The molecule has 0 aliphatic heterocycles. The third kappa shape index (κ3) is 2.63. The van der Waals surface area contributed by atoms with Crippen molar-refractivity contribution in [3.63, 3.8) is 0 Å². The summed E-state index contributed by atoms with van der Waals surface area (Å²) in [6.07, 6.45) is 0.574. The van der Waals surface area contributed by atoms with Gasteiger partial charge < -0.3 is 15.9 Å². The maximum absolute atomic E-state index is 10.3. The van der Waals surface area contributed by atoms with Crippen LogP contribution in [-0.2, 0) is 11.2 Å². The van der Waals surface area contributed by atoms with Crippen LogP contribution < -0.4 is 5.73 Å². The molecule has 0 radical (unpaired) electrons. The van der Waals surface area contributed by atoms with E-state index in [-0.39, 0.29) is 12.3 Å². The maximum atomic E-state index is 10.3. The molecule has 0 bridgehead atoms. The average molecular weight is 203 g/mol. The van der Waals surface area contributed by atoms with Gasteiger partial charge in [0.1, 0.15) is 11.7 Å². The Labute approximate surface area is 78.3 Å². The van der Waals surface area contributed by atoms with Gasteiger partial charge in [-0.2, -0.15) is 4.37 Å². The van der Waals surface area contributed by atoms with Crippen LogP contribution in [0.5, 0.6) is 5.88 Å². The molecule has 1 unspecified atom stereocenters. The molecule has 0 fully saturated rings. The van der Waals surface area contributed by atoms with E-state index in [1.165, 1.54) is 0 Å². The van der Waals surface area contributed by atoms with E-state index in [2.05, 4.69) is 8.75 Å². The number of aryl methyl sites for hydroxylation is 1. The highest BCUT2D eigenvalue weighted by atomic mass is 32.1. The molecule has 13 heavy (non-hydrogen) atoms. The first-order valence-corrected chi connectivity index (χ1v) is 4.33. The van der Waals surface area contributed by atoms with Crippen LogP contribution in [0.1, 0.15) is 12.1 Å². The molecule has 1 aromatic rings. The number of rotatable bonds is 4. The predicted octanol–water partition coefficient (Wildman–Crippen LogP) is -0.412. The summed E-state index contributed by atoms with van der Waals surface area (Å²) in [6, 6.07) is -0.916. The minimum Gasteiger partial charge on any atom is -0.491 e. The van der Waals surface area contributed by atoms with Gasteiger partial charge in [0.15, 0.2) is 0 Å². The van der Waals surface area contributed by atoms with Gasteiger partial charge >= 0.3 is 5.97 Å². The molecule has 0 aliphatic carbocycles. The van der Waals surface area contributed by atoms with Crippen molar-refractivity contribution in [3.05, 3.63) is 5.69 Å². The van der Waals surface area contributed by atoms with Crippen molar-refractivity contribution in [2.45, 2.75) is 18.9 Å². The first kappa shape index (κ1) is 9.87. The number of aromatic nitrogens is 2. The first-order valence-electron chi connectivity index (χ1n) is 3.60. The third-order valence-corrected chi connectivity index (χ3v) is 2.10. The van der Waals surface area contributed by atoms with E-state index >= 15 is 0 Å². The topological polar surface area (TPSA) is 109 Å². The van der Waals surface area contributed by atoms with E-state index in [0.29, 0.717) is 12.1 Å². The van der Waals surface area contributed by atoms with E-state index in [0.717, 1.165) is 11.7 Å². The Morgan fingerprint density at radius 3 is 2.77 bits per heavy atom. The number of nitrogens with two attached hydrogens (primary N) is 1. The summed E-state index contributed by atoms with van der Waals surface area (Å²) in [7, 11) is 0. The van der Waals surface area contributed by atoms with Crippen molar-refractivity contribution in [1.82, 2.24) is 8.75 Å². The molecule has 0 saturated carbocycles. The van der Waals surface area contributed by atoms with Crippen molar-refractivity contribution in [3.8, 4) is 5.88 Å². The van der Waals surface area contributed by atoms with E-state index in [1.54, 1.807) is 0 Å². The molecule has 0 amide bonds. The number of aliphatic carboxylic acids is 1. The summed E-state index contributed by atoms with van der Waals surface area (Å²) in [4.78, 5) is 10.3. The summed E-state index contributed by atoms with van der Waals surface area (Å²) >= 11 is 0.888. The fraction of sp³-hybridized carbons (Fsp3) is 0.500. The molecule has 1 heterocycles. The number of carboxylic acids is 1. The molecule has 1 aromatic heterocycles. The number of nitrogens with zero attached hydrogens (tertiary/aromatic N) is 2. The highest BCUT2D eigenvalue weighted by Crippen LogP contribution is 2.14. The highest BCUT2D eigenvalue weighted by Gasteiger charge is 2.14. The van der Waals surface area contributed by atoms with Crippen LogP contribution in [-0.4, -0.2) is 31.0 Å². The molecule has 6 nitrogen and oxygen atoms in total. The number of carboxylic acid groups (broad SMARTS) is 1. The lowest BCUT2D eigenvalue weighted by molar-refractivity contribution is -0.138. The Kier molecular flexibility index (Phi) is 3.15. The van der Waals surface area contributed by atoms with Gasteiger partial charge in [-0.3, -0.25) is 4.79 Å². The Hall–Kier alpha value is -1.21. The van der Waals surface area contributed by atoms with E-state index in [4.69, 9.17) is 15.9 Å². The molecule has 0 spiro atoms. The van der Waals surface area contributed by atoms with Crippen molar-refractivity contribution in [2.24, 2.45) is 5.73 Å². The number of aromatic hydroxyl groups is 1. The van der Waals surface area contributed by atoms with Crippen LogP contribution in [0.3, 0.4) is 0 Å². The summed E-state index contributed by atoms with van der Waals surface area (Å²) in [5, 5.41) is 17.5. The Morgan fingerprint density at radius 2 is 2.31 bits per heavy atom. The minimum atomic E-state index is -1.05. The molecule has 1 atom stereocenters. The number of hydrogen-bond donors (Lipinski definition) is 3. The SMILES string of the molecule is NC(CCc1nsnc1O)C(=O)O. The van der Waals surface area contributed by atoms with Gasteiger partial charge in [-0.05, 0) is 12.8 Å². The van der Waals surface area contributed by atoms with Crippen LogP contribution in [0, 0.1) is 0 Å². The second kappa shape index (κ2) is 4.15. The van der Waals surface area contributed by atoms with Gasteiger partial charge in [-0.25, -0.2) is 0 Å². The zero-order valence-corrected chi connectivity index (χ0v) is 7.49. The lowest BCUT2D eigenvalue weighted by Crippen LogP contribution is -2.30. The molecule has 0 aromatic carbocycles. The van der Waals surface area contributed by atoms with Gasteiger partial charge in [0, 0.05) is 0 Å². The van der Waals surface area contributed by atoms with Crippen LogP contribution >= 0.6 is 11.7 Å². The lowest BCUT2D eigenvalue weighted by Gasteiger charge is -2.03. The van der Waals surface area contributed by atoms with Crippen molar-refractivity contribution in [1.29, 1.82) is 0 Å². The highest BCUT2D eigenvalue weighted by molar-refractivity contribution is 6.99. The summed E-state index contributed by atoms with van der Waals surface area (Å²) in [6.45, 7) is 0. The van der Waals surface area contributed by atoms with Crippen LogP contribution in [0.4, 0.5) is 0 Å². The van der Waals surface area contributed by atoms with Crippen LogP contribution in [0.2, 0.25) is 0 Å². The van der Waals surface area contributed by atoms with Crippen molar-refractivity contribution >= 4 is 17.7 Å². The fourth-order valence-corrected chi connectivity index (χ4v) is 1.27. The zero-order valence-electron chi connectivity index (χ0n) is 6.67. The van der Waals surface area contributed by atoms with Crippen LogP contribution in [0.25, 0.3) is 0 Å². The van der Waals surface area contributed by atoms with E-state index in [1.807, 2.05) is 0 Å². The van der Waals surface area contributed by atoms with Crippen LogP contribution in [0.15, 0.2) is 0 Å². The molecule has 7 heteroatoms. The van der Waals surface area contributed by atoms with Gasteiger partial charge in [-0.1, -0.05) is 0 Å². The smallest absolute Gasteiger partial charge is 0.320 e. The van der Waals surface area contributed by atoms with E-state index in [9.17, 15) is 4.79 Å². The first-order chi connectivity index (χ1) is 6.11. The van der Waals surface area contributed by atoms with Crippen molar-refractivity contribution in [2.75, 3.05) is 0 Å². The molecule has 72 valence electrons. The normalized spacial score (nSPS) is 12.7. The molecule has 0 aliphatic rings. The molecular weight excluding hydrogens is 194 g/mol. The number of hydrogen-bond acceptors (Lipinski definition) is 6. The Balaban J connectivity index is 2.44. The summed E-state index contributed by atoms with van der Waals surface area (Å²) < 4.78 is 7.32. The van der Waals surface area contributed by atoms with Gasteiger partial charge in [0.05, 0.1) is 11.7 Å². The quantitative estimate of drug-likeness (QED) is 0.613. The molecule has 4 N–H and O–H groups in total. The van der Waals surface area contributed by atoms with Gasteiger partial charge in [0.2, 0.25) is 5.88 Å². The summed E-state index contributed by atoms with van der Waals surface area (Å²) in [5.41, 5.74) is 5.66. The summed E-state index contributed by atoms with van der Waals surface area (Å²) in [5.74, 6) is -1.19. The molecular formula is C6H9N3O3S. The van der Waals surface area contributed by atoms with Gasteiger partial charge in [0.25, 0.3) is 0 Å². The third-order valence-electron chi connectivity index (χ3n) is 1.55. The number of carbonyl (C=O) groups is 1. The standard InChI is InChI=1S/C6H9N3O3S/c7-3(6(11)12)1-2-4-5(10)9-13-8-4/h3H,1-2,7H2,(H,9,10)(H,11,12). The lowest BCUT2D eigenvalue weighted by atomic mass is 10.1. The second-order valence-corrected chi connectivity index (χ2v) is 3.05. The average Bonchev–Trinajstić information content (AvgIpc) is 2.47. The molecule has 1 rings (SSSR count). The monoisotopic (exact) mass is 203 g/mol. The second-order valence-electron chi connectivity index (χ2n) is 2.52. The largest absolute Gasteiger partial charge is 0.491 e. The Bertz CT molecular complexity index is 301. The Morgan fingerprint density at radius 1 is 1.62 bits per heavy atom.